The Bertz CT molecular complexity index is 408. The van der Waals surface area contributed by atoms with Crippen LogP contribution in [0.1, 0.15) is 37.7 Å². The summed E-state index contributed by atoms with van der Waals surface area (Å²) in [4.78, 5) is 6.69. The third kappa shape index (κ3) is 2.98. The molecule has 1 aromatic rings. The lowest BCUT2D eigenvalue weighted by molar-refractivity contribution is -0.0950. The summed E-state index contributed by atoms with van der Waals surface area (Å²) in [5.74, 6) is 0.504. The lowest BCUT2D eigenvalue weighted by Crippen LogP contribution is -2.53. The average molecular weight is 260 g/mol. The van der Waals surface area contributed by atoms with E-state index in [1.165, 1.54) is 24.8 Å². The largest absolute Gasteiger partial charge is 0.390 e. The van der Waals surface area contributed by atoms with E-state index >= 15 is 0 Å². The van der Waals surface area contributed by atoms with E-state index < -0.39 is 0 Å². The highest BCUT2D eigenvalue weighted by atomic mass is 16.3. The molecule has 0 bridgehead atoms. The number of hydrogen-bond acceptors (Lipinski definition) is 3. The Kier molecular flexibility index (Phi) is 3.85. The average Bonchev–Trinajstić information content (AvgIpc) is 2.46. The summed E-state index contributed by atoms with van der Waals surface area (Å²) in [6.07, 6.45) is 10.6. The van der Waals surface area contributed by atoms with Gasteiger partial charge in [0.15, 0.2) is 0 Å². The standard InChI is InChI=1S/C16H24N2O/c19-16-7-2-1-5-15(16)13-18(11-8-16)10-6-14-4-3-9-17-12-14/h3-4,9,12,15,19H,1-2,5-8,10-11,13H2. The van der Waals surface area contributed by atoms with Gasteiger partial charge in [-0.05, 0) is 37.3 Å². The third-order valence-corrected chi connectivity index (χ3v) is 4.95. The number of hydrogen-bond donors (Lipinski definition) is 1. The normalized spacial score (nSPS) is 31.9. The first-order valence-electron chi connectivity index (χ1n) is 7.60. The molecule has 2 fully saturated rings. The Morgan fingerprint density at radius 1 is 1.37 bits per heavy atom. The summed E-state index contributed by atoms with van der Waals surface area (Å²) in [6, 6.07) is 4.15. The molecule has 3 rings (SSSR count). The summed E-state index contributed by atoms with van der Waals surface area (Å²) >= 11 is 0. The van der Waals surface area contributed by atoms with Crippen LogP contribution in [0.2, 0.25) is 0 Å². The van der Waals surface area contributed by atoms with Crippen molar-refractivity contribution in [1.29, 1.82) is 0 Å². The minimum atomic E-state index is -0.344. The van der Waals surface area contributed by atoms with Gasteiger partial charge < -0.3 is 10.0 Å². The van der Waals surface area contributed by atoms with Crippen LogP contribution in [-0.2, 0) is 6.42 Å². The predicted octanol–water partition coefficient (Wildman–Crippen LogP) is 2.25. The molecule has 1 N–H and O–H groups in total. The van der Waals surface area contributed by atoms with E-state index in [1.54, 1.807) is 0 Å². The van der Waals surface area contributed by atoms with Gasteiger partial charge in [0.1, 0.15) is 0 Å². The van der Waals surface area contributed by atoms with Crippen molar-refractivity contribution in [1.82, 2.24) is 9.88 Å². The monoisotopic (exact) mass is 260 g/mol. The molecule has 1 saturated heterocycles. The number of nitrogens with zero attached hydrogens (tertiary/aromatic N) is 2. The zero-order chi connectivity index (χ0) is 13.1. The van der Waals surface area contributed by atoms with Crippen molar-refractivity contribution in [2.75, 3.05) is 19.6 Å². The quantitative estimate of drug-likeness (QED) is 0.905. The molecule has 2 heterocycles. The van der Waals surface area contributed by atoms with Gasteiger partial charge in [-0.3, -0.25) is 4.98 Å². The minimum absolute atomic E-state index is 0.344. The van der Waals surface area contributed by atoms with E-state index in [2.05, 4.69) is 16.0 Å². The Labute approximate surface area is 115 Å². The number of piperidine rings is 1. The van der Waals surface area contributed by atoms with Gasteiger partial charge >= 0.3 is 0 Å². The molecule has 0 spiro atoms. The number of rotatable bonds is 3. The second-order valence-electron chi connectivity index (χ2n) is 6.21. The van der Waals surface area contributed by atoms with Crippen LogP contribution >= 0.6 is 0 Å². The highest BCUT2D eigenvalue weighted by molar-refractivity contribution is 5.09. The Morgan fingerprint density at radius 2 is 2.32 bits per heavy atom. The van der Waals surface area contributed by atoms with Crippen molar-refractivity contribution in [3.63, 3.8) is 0 Å². The zero-order valence-electron chi connectivity index (χ0n) is 11.6. The lowest BCUT2D eigenvalue weighted by atomic mass is 9.71. The lowest BCUT2D eigenvalue weighted by Gasteiger charge is -2.47. The number of aliphatic hydroxyl groups is 1. The third-order valence-electron chi connectivity index (χ3n) is 4.95. The first-order valence-corrected chi connectivity index (χ1v) is 7.60. The van der Waals surface area contributed by atoms with E-state index in [9.17, 15) is 5.11 Å². The summed E-state index contributed by atoms with van der Waals surface area (Å²) < 4.78 is 0. The molecule has 1 aromatic heterocycles. The molecule has 0 aromatic carbocycles. The van der Waals surface area contributed by atoms with Gasteiger partial charge in [0.2, 0.25) is 0 Å². The van der Waals surface area contributed by atoms with Gasteiger partial charge in [-0.15, -0.1) is 0 Å². The van der Waals surface area contributed by atoms with Crippen LogP contribution in [-0.4, -0.2) is 40.2 Å². The van der Waals surface area contributed by atoms with E-state index in [4.69, 9.17) is 0 Å². The summed E-state index contributed by atoms with van der Waals surface area (Å²) in [7, 11) is 0. The van der Waals surface area contributed by atoms with Gasteiger partial charge in [0, 0.05) is 37.9 Å². The smallest absolute Gasteiger partial charge is 0.0700 e. The molecular weight excluding hydrogens is 236 g/mol. The maximum atomic E-state index is 10.7. The molecular formula is C16H24N2O. The zero-order valence-corrected chi connectivity index (χ0v) is 11.6. The SMILES string of the molecule is OC12CCCCC1CN(CCc1cccnc1)CC2. The summed E-state index contributed by atoms with van der Waals surface area (Å²) in [6.45, 7) is 3.22. The summed E-state index contributed by atoms with van der Waals surface area (Å²) in [5, 5.41) is 10.7. The fraction of sp³-hybridized carbons (Fsp3) is 0.688. The second-order valence-corrected chi connectivity index (χ2v) is 6.21. The van der Waals surface area contributed by atoms with Crippen LogP contribution in [0.4, 0.5) is 0 Å². The van der Waals surface area contributed by atoms with E-state index in [1.807, 2.05) is 18.5 Å². The van der Waals surface area contributed by atoms with Crippen LogP contribution in [0.5, 0.6) is 0 Å². The van der Waals surface area contributed by atoms with Gasteiger partial charge in [0.05, 0.1) is 5.60 Å². The van der Waals surface area contributed by atoms with Crippen molar-refractivity contribution in [3.8, 4) is 0 Å². The number of pyridine rings is 1. The van der Waals surface area contributed by atoms with Crippen LogP contribution in [0, 0.1) is 5.92 Å². The minimum Gasteiger partial charge on any atom is -0.390 e. The van der Waals surface area contributed by atoms with Gasteiger partial charge in [0.25, 0.3) is 0 Å². The van der Waals surface area contributed by atoms with Crippen molar-refractivity contribution in [2.45, 2.75) is 44.1 Å². The summed E-state index contributed by atoms with van der Waals surface area (Å²) in [5.41, 5.74) is 0.968. The van der Waals surface area contributed by atoms with Crippen molar-refractivity contribution < 1.29 is 5.11 Å². The van der Waals surface area contributed by atoms with Crippen molar-refractivity contribution in [2.24, 2.45) is 5.92 Å². The second kappa shape index (κ2) is 5.59. The maximum Gasteiger partial charge on any atom is 0.0700 e. The van der Waals surface area contributed by atoms with Crippen molar-refractivity contribution >= 4 is 0 Å². The predicted molar refractivity (Wildman–Crippen MR) is 75.9 cm³/mol. The molecule has 1 aliphatic heterocycles. The van der Waals surface area contributed by atoms with Crippen LogP contribution in [0.15, 0.2) is 24.5 Å². The molecule has 104 valence electrons. The topological polar surface area (TPSA) is 36.4 Å². The van der Waals surface area contributed by atoms with E-state index in [-0.39, 0.29) is 5.60 Å². The van der Waals surface area contributed by atoms with E-state index in [0.717, 1.165) is 38.9 Å². The van der Waals surface area contributed by atoms with Gasteiger partial charge in [-0.1, -0.05) is 18.9 Å². The van der Waals surface area contributed by atoms with Crippen LogP contribution in [0.25, 0.3) is 0 Å². The molecule has 2 atom stereocenters. The maximum absolute atomic E-state index is 10.7. The number of aromatic nitrogens is 1. The first-order chi connectivity index (χ1) is 9.26. The molecule has 1 aliphatic carbocycles. The van der Waals surface area contributed by atoms with Gasteiger partial charge in [-0.25, -0.2) is 0 Å². The molecule has 2 aliphatic rings. The molecule has 3 nitrogen and oxygen atoms in total. The Morgan fingerprint density at radius 3 is 3.16 bits per heavy atom. The molecule has 19 heavy (non-hydrogen) atoms. The molecule has 1 saturated carbocycles. The number of likely N-dealkylation sites (tertiary alicyclic amines) is 1. The highest BCUT2D eigenvalue weighted by Crippen LogP contribution is 2.39. The van der Waals surface area contributed by atoms with Crippen molar-refractivity contribution in [3.05, 3.63) is 30.1 Å². The highest BCUT2D eigenvalue weighted by Gasteiger charge is 2.42. The molecule has 0 amide bonds. The van der Waals surface area contributed by atoms with E-state index in [0.29, 0.717) is 5.92 Å². The first kappa shape index (κ1) is 13.1. The van der Waals surface area contributed by atoms with Gasteiger partial charge in [-0.2, -0.15) is 0 Å². The molecule has 2 unspecified atom stereocenters. The number of fused-ring (bicyclic) bond motifs is 1. The Balaban J connectivity index is 1.54. The fourth-order valence-electron chi connectivity index (χ4n) is 3.68. The van der Waals surface area contributed by atoms with Crippen LogP contribution in [0.3, 0.4) is 0 Å². The Hall–Kier alpha value is -0.930. The molecule has 0 radical (unpaired) electrons. The van der Waals surface area contributed by atoms with Crippen LogP contribution < -0.4 is 0 Å². The fourth-order valence-corrected chi connectivity index (χ4v) is 3.68. The molecule has 3 heteroatoms.